The van der Waals surface area contributed by atoms with Gasteiger partial charge >= 0.3 is 0 Å². The van der Waals surface area contributed by atoms with Crippen molar-refractivity contribution in [3.8, 4) is 0 Å². The summed E-state index contributed by atoms with van der Waals surface area (Å²) >= 11 is 0. The Kier molecular flexibility index (Phi) is 4.03. The molecule has 1 unspecified atom stereocenters. The van der Waals surface area contributed by atoms with Crippen LogP contribution in [0.2, 0.25) is 0 Å². The second kappa shape index (κ2) is 6.63. The van der Waals surface area contributed by atoms with Crippen LogP contribution >= 0.6 is 0 Å². The Morgan fingerprint density at radius 3 is 2.33 bits per heavy atom. The van der Waals surface area contributed by atoms with E-state index < -0.39 is 0 Å². The second-order valence-electron chi connectivity index (χ2n) is 5.85. The zero-order valence-corrected chi connectivity index (χ0v) is 13.4. The van der Waals surface area contributed by atoms with Crippen LogP contribution in [0.15, 0.2) is 102 Å². The molecule has 0 aromatic heterocycles. The van der Waals surface area contributed by atoms with Crippen molar-refractivity contribution in [2.45, 2.75) is 6.10 Å². The number of dihydropyridines is 1. The highest BCUT2D eigenvalue weighted by atomic mass is 16.5. The van der Waals surface area contributed by atoms with Crippen LogP contribution in [-0.4, -0.2) is 6.54 Å². The highest BCUT2D eigenvalue weighted by Gasteiger charge is 2.20. The van der Waals surface area contributed by atoms with Crippen molar-refractivity contribution >= 4 is 5.76 Å². The summed E-state index contributed by atoms with van der Waals surface area (Å²) < 4.78 is 6.30. The first kappa shape index (κ1) is 14.6. The van der Waals surface area contributed by atoms with E-state index in [1.54, 1.807) is 0 Å². The fraction of sp³-hybridized carbons (Fsp3) is 0.0909. The Morgan fingerprint density at radius 1 is 0.875 bits per heavy atom. The van der Waals surface area contributed by atoms with Gasteiger partial charge < -0.3 is 10.1 Å². The largest absolute Gasteiger partial charge is 0.481 e. The summed E-state index contributed by atoms with van der Waals surface area (Å²) in [6.07, 6.45) is 10.6. The standard InChI is InChI=1S/C22H19NO/c1-3-7-18(8-4-1)21-15-20(17-11-13-23-14-12-17)16-22(24-21)19-9-5-2-6-10-19/h1-13,15-16,21,23H,14H2. The van der Waals surface area contributed by atoms with Gasteiger partial charge in [0.2, 0.25) is 0 Å². The third-order valence-corrected chi connectivity index (χ3v) is 4.21. The Morgan fingerprint density at radius 2 is 1.62 bits per heavy atom. The van der Waals surface area contributed by atoms with Crippen LogP contribution in [0.3, 0.4) is 0 Å². The molecule has 0 spiro atoms. The van der Waals surface area contributed by atoms with E-state index in [-0.39, 0.29) is 6.10 Å². The van der Waals surface area contributed by atoms with Gasteiger partial charge in [0.25, 0.3) is 0 Å². The molecule has 2 nitrogen and oxygen atoms in total. The lowest BCUT2D eigenvalue weighted by molar-refractivity contribution is 0.211. The van der Waals surface area contributed by atoms with E-state index in [4.69, 9.17) is 4.74 Å². The number of allylic oxidation sites excluding steroid dienone is 4. The van der Waals surface area contributed by atoms with E-state index in [0.717, 1.165) is 23.4 Å². The summed E-state index contributed by atoms with van der Waals surface area (Å²) in [7, 11) is 0. The molecule has 0 bridgehead atoms. The lowest BCUT2D eigenvalue weighted by atomic mass is 9.95. The van der Waals surface area contributed by atoms with Crippen LogP contribution in [0.25, 0.3) is 5.76 Å². The maximum atomic E-state index is 6.30. The number of hydrogen-bond donors (Lipinski definition) is 1. The molecule has 0 amide bonds. The predicted octanol–water partition coefficient (Wildman–Crippen LogP) is 4.77. The molecule has 2 heterocycles. The van der Waals surface area contributed by atoms with Gasteiger partial charge in [0.15, 0.2) is 0 Å². The van der Waals surface area contributed by atoms with Crippen molar-refractivity contribution in [3.63, 3.8) is 0 Å². The van der Waals surface area contributed by atoms with Crippen LogP contribution in [0.4, 0.5) is 0 Å². The quantitative estimate of drug-likeness (QED) is 0.881. The monoisotopic (exact) mass is 313 g/mol. The Balaban J connectivity index is 1.75. The summed E-state index contributed by atoms with van der Waals surface area (Å²) in [4.78, 5) is 0. The number of rotatable bonds is 3. The molecule has 2 aromatic carbocycles. The first-order chi connectivity index (χ1) is 11.9. The number of hydrogen-bond acceptors (Lipinski definition) is 2. The summed E-state index contributed by atoms with van der Waals surface area (Å²) in [6, 6.07) is 20.6. The molecule has 0 saturated carbocycles. The molecule has 2 aromatic rings. The summed E-state index contributed by atoms with van der Waals surface area (Å²) in [5.74, 6) is 0.912. The topological polar surface area (TPSA) is 21.3 Å². The minimum Gasteiger partial charge on any atom is -0.481 e. The average molecular weight is 313 g/mol. The van der Waals surface area contributed by atoms with Gasteiger partial charge in [0.1, 0.15) is 11.9 Å². The predicted molar refractivity (Wildman–Crippen MR) is 98.0 cm³/mol. The zero-order valence-electron chi connectivity index (χ0n) is 13.4. The third kappa shape index (κ3) is 3.04. The number of nitrogens with one attached hydrogen (secondary N) is 1. The van der Waals surface area contributed by atoms with E-state index in [9.17, 15) is 0 Å². The molecule has 0 radical (unpaired) electrons. The molecule has 0 aliphatic carbocycles. The van der Waals surface area contributed by atoms with Gasteiger partial charge in [-0.05, 0) is 41.1 Å². The SMILES string of the molecule is C1=CC(C2=CC(c3ccccc3)OC(c3ccccc3)=C2)=CCN1. The Bertz CT molecular complexity index is 829. The van der Waals surface area contributed by atoms with Crippen LogP contribution in [0.1, 0.15) is 17.2 Å². The van der Waals surface area contributed by atoms with E-state index in [1.807, 2.05) is 30.5 Å². The lowest BCUT2D eigenvalue weighted by Gasteiger charge is -2.25. The summed E-state index contributed by atoms with van der Waals surface area (Å²) in [6.45, 7) is 0.856. The highest BCUT2D eigenvalue weighted by molar-refractivity contribution is 5.68. The molecule has 2 aliphatic heterocycles. The zero-order chi connectivity index (χ0) is 16.2. The summed E-state index contributed by atoms with van der Waals surface area (Å²) in [5, 5.41) is 3.20. The Labute approximate surface area is 142 Å². The van der Waals surface area contributed by atoms with Crippen molar-refractivity contribution < 1.29 is 4.74 Å². The molecular weight excluding hydrogens is 294 g/mol. The molecule has 118 valence electrons. The third-order valence-electron chi connectivity index (χ3n) is 4.21. The first-order valence-electron chi connectivity index (χ1n) is 8.21. The minimum atomic E-state index is -0.0782. The van der Waals surface area contributed by atoms with Gasteiger partial charge in [-0.25, -0.2) is 0 Å². The summed E-state index contributed by atoms with van der Waals surface area (Å²) in [5.41, 5.74) is 4.69. The van der Waals surface area contributed by atoms with Gasteiger partial charge in [0.05, 0.1) is 0 Å². The van der Waals surface area contributed by atoms with Crippen LogP contribution < -0.4 is 5.32 Å². The smallest absolute Gasteiger partial charge is 0.143 e. The molecule has 0 saturated heterocycles. The number of benzene rings is 2. The molecule has 1 atom stereocenters. The maximum Gasteiger partial charge on any atom is 0.143 e. The van der Waals surface area contributed by atoms with Crippen LogP contribution in [0.5, 0.6) is 0 Å². The lowest BCUT2D eigenvalue weighted by Crippen LogP contribution is -2.12. The molecule has 1 N–H and O–H groups in total. The van der Waals surface area contributed by atoms with Crippen molar-refractivity contribution in [2.24, 2.45) is 0 Å². The van der Waals surface area contributed by atoms with Crippen molar-refractivity contribution in [1.82, 2.24) is 5.32 Å². The molecule has 4 rings (SSSR count). The maximum absolute atomic E-state index is 6.30. The second-order valence-corrected chi connectivity index (χ2v) is 5.85. The number of ether oxygens (including phenoxy) is 1. The molecule has 24 heavy (non-hydrogen) atoms. The first-order valence-corrected chi connectivity index (χ1v) is 8.21. The van der Waals surface area contributed by atoms with Gasteiger partial charge in [0, 0.05) is 12.1 Å². The van der Waals surface area contributed by atoms with Gasteiger partial charge in [-0.15, -0.1) is 0 Å². The van der Waals surface area contributed by atoms with E-state index in [0.29, 0.717) is 0 Å². The fourth-order valence-electron chi connectivity index (χ4n) is 2.97. The van der Waals surface area contributed by atoms with Gasteiger partial charge in [-0.2, -0.15) is 0 Å². The van der Waals surface area contributed by atoms with E-state index in [2.05, 4.69) is 66.0 Å². The average Bonchev–Trinajstić information content (AvgIpc) is 2.70. The minimum absolute atomic E-state index is 0.0782. The van der Waals surface area contributed by atoms with Crippen molar-refractivity contribution in [1.29, 1.82) is 0 Å². The Hall–Kier alpha value is -3.00. The molecule has 0 fully saturated rings. The highest BCUT2D eigenvalue weighted by Crippen LogP contribution is 2.35. The normalized spacial score (nSPS) is 19.5. The molecule has 2 aliphatic rings. The molecule has 2 heteroatoms. The van der Waals surface area contributed by atoms with Crippen LogP contribution in [0, 0.1) is 0 Å². The van der Waals surface area contributed by atoms with Crippen LogP contribution in [-0.2, 0) is 4.74 Å². The van der Waals surface area contributed by atoms with E-state index >= 15 is 0 Å². The van der Waals surface area contributed by atoms with Gasteiger partial charge in [-0.3, -0.25) is 0 Å². The van der Waals surface area contributed by atoms with Gasteiger partial charge in [-0.1, -0.05) is 66.7 Å². The van der Waals surface area contributed by atoms with Crippen molar-refractivity contribution in [2.75, 3.05) is 6.54 Å². The fourth-order valence-corrected chi connectivity index (χ4v) is 2.97. The molecular formula is C22H19NO. The van der Waals surface area contributed by atoms with E-state index in [1.165, 1.54) is 11.1 Å². The van der Waals surface area contributed by atoms with Crippen molar-refractivity contribution in [3.05, 3.63) is 113 Å².